The van der Waals surface area contributed by atoms with E-state index in [0.717, 1.165) is 16.5 Å². The minimum atomic E-state index is -0.490. The molecule has 1 aromatic heterocycles. The molecule has 9 heteroatoms. The van der Waals surface area contributed by atoms with Gasteiger partial charge in [-0.15, -0.1) is 0 Å². The SMILES string of the molecule is O=C(CCN1C(=O)[C@@H]2CC=CC[C@H]2C1=O)NNC(=O)c1ccc(COc2cccc3cccnc23)cc1. The molecule has 4 amide bonds. The molecule has 2 N–H and O–H groups in total. The van der Waals surface area contributed by atoms with E-state index >= 15 is 0 Å². The van der Waals surface area contributed by atoms with Crippen LogP contribution in [0.25, 0.3) is 10.9 Å². The summed E-state index contributed by atoms with van der Waals surface area (Å²) < 4.78 is 5.92. The smallest absolute Gasteiger partial charge is 0.269 e. The monoisotopic (exact) mass is 498 g/mol. The number of carbonyl (C=O) groups is 4. The second-order valence-corrected chi connectivity index (χ2v) is 9.05. The van der Waals surface area contributed by atoms with Crippen molar-refractivity contribution in [3.05, 3.63) is 84.1 Å². The number of carbonyl (C=O) groups excluding carboxylic acids is 4. The van der Waals surface area contributed by atoms with Crippen molar-refractivity contribution >= 4 is 34.5 Å². The van der Waals surface area contributed by atoms with Crippen LogP contribution in [0.5, 0.6) is 5.75 Å². The quantitative estimate of drug-likeness (QED) is 0.294. The van der Waals surface area contributed by atoms with Gasteiger partial charge in [0, 0.05) is 30.1 Å². The van der Waals surface area contributed by atoms with E-state index in [1.54, 1.807) is 30.5 Å². The maximum absolute atomic E-state index is 12.5. The van der Waals surface area contributed by atoms with Gasteiger partial charge in [-0.05, 0) is 42.7 Å². The van der Waals surface area contributed by atoms with Crippen LogP contribution in [0.4, 0.5) is 0 Å². The van der Waals surface area contributed by atoms with Crippen molar-refractivity contribution in [1.82, 2.24) is 20.7 Å². The summed E-state index contributed by atoms with van der Waals surface area (Å²) in [6, 6.07) is 16.4. The van der Waals surface area contributed by atoms with Crippen molar-refractivity contribution in [2.24, 2.45) is 11.8 Å². The zero-order chi connectivity index (χ0) is 25.8. The molecule has 37 heavy (non-hydrogen) atoms. The number of ether oxygens (including phenoxy) is 1. The highest BCUT2D eigenvalue weighted by atomic mass is 16.5. The van der Waals surface area contributed by atoms with E-state index in [2.05, 4.69) is 15.8 Å². The van der Waals surface area contributed by atoms with Gasteiger partial charge in [-0.2, -0.15) is 0 Å². The lowest BCUT2D eigenvalue weighted by molar-refractivity contribution is -0.140. The van der Waals surface area contributed by atoms with Crippen LogP contribution in [0.3, 0.4) is 0 Å². The predicted molar refractivity (Wildman–Crippen MR) is 135 cm³/mol. The maximum Gasteiger partial charge on any atom is 0.269 e. The number of hydrazine groups is 1. The number of hydrogen-bond acceptors (Lipinski definition) is 6. The first-order valence-corrected chi connectivity index (χ1v) is 12.2. The lowest BCUT2D eigenvalue weighted by atomic mass is 9.85. The largest absolute Gasteiger partial charge is 0.487 e. The van der Waals surface area contributed by atoms with Crippen molar-refractivity contribution in [1.29, 1.82) is 0 Å². The molecule has 5 rings (SSSR count). The van der Waals surface area contributed by atoms with Gasteiger partial charge in [-0.3, -0.25) is 39.9 Å². The Labute approximate surface area is 213 Å². The summed E-state index contributed by atoms with van der Waals surface area (Å²) in [5, 5.41) is 0.989. The molecule has 0 saturated carbocycles. The minimum absolute atomic E-state index is 0.00666. The topological polar surface area (TPSA) is 118 Å². The van der Waals surface area contributed by atoms with Crippen LogP contribution >= 0.6 is 0 Å². The van der Waals surface area contributed by atoms with Crippen LogP contribution in [0.15, 0.2) is 72.9 Å². The van der Waals surface area contributed by atoms with E-state index in [0.29, 0.717) is 30.8 Å². The van der Waals surface area contributed by atoms with Crippen molar-refractivity contribution in [2.75, 3.05) is 6.54 Å². The first-order valence-electron chi connectivity index (χ1n) is 12.2. The van der Waals surface area contributed by atoms with Gasteiger partial charge in [0.2, 0.25) is 17.7 Å². The van der Waals surface area contributed by atoms with Crippen LogP contribution < -0.4 is 15.6 Å². The molecular formula is C28H26N4O5. The number of rotatable bonds is 7. The number of benzene rings is 2. The van der Waals surface area contributed by atoms with Gasteiger partial charge in [0.25, 0.3) is 5.91 Å². The summed E-state index contributed by atoms with van der Waals surface area (Å²) in [7, 11) is 0. The number of imide groups is 1. The number of para-hydroxylation sites is 1. The Morgan fingerprint density at radius 2 is 1.62 bits per heavy atom. The molecule has 0 bridgehead atoms. The van der Waals surface area contributed by atoms with Gasteiger partial charge in [0.15, 0.2) is 0 Å². The first kappa shape index (κ1) is 24.2. The highest BCUT2D eigenvalue weighted by Gasteiger charge is 2.46. The Bertz CT molecular complexity index is 1350. The Kier molecular flexibility index (Phi) is 6.93. The van der Waals surface area contributed by atoms with Gasteiger partial charge in [-0.25, -0.2) is 0 Å². The van der Waals surface area contributed by atoms with E-state index in [1.165, 1.54) is 4.90 Å². The fourth-order valence-electron chi connectivity index (χ4n) is 4.67. The number of fused-ring (bicyclic) bond motifs is 2. The second-order valence-electron chi connectivity index (χ2n) is 9.05. The molecule has 1 aliphatic heterocycles. The molecule has 0 radical (unpaired) electrons. The zero-order valence-corrected chi connectivity index (χ0v) is 20.1. The van der Waals surface area contributed by atoms with Gasteiger partial charge >= 0.3 is 0 Å². The Balaban J connectivity index is 1.08. The number of allylic oxidation sites excluding steroid dienone is 2. The lowest BCUT2D eigenvalue weighted by Crippen LogP contribution is -2.43. The van der Waals surface area contributed by atoms with Crippen molar-refractivity contribution in [3.63, 3.8) is 0 Å². The third-order valence-corrected chi connectivity index (χ3v) is 6.68. The maximum atomic E-state index is 12.5. The van der Waals surface area contributed by atoms with Crippen molar-refractivity contribution in [2.45, 2.75) is 25.9 Å². The molecule has 0 spiro atoms. The summed E-state index contributed by atoms with van der Waals surface area (Å²) in [5.41, 5.74) is 6.72. The molecule has 2 aliphatic rings. The number of pyridine rings is 1. The summed E-state index contributed by atoms with van der Waals surface area (Å²) in [4.78, 5) is 55.2. The Morgan fingerprint density at radius 1 is 0.919 bits per heavy atom. The Morgan fingerprint density at radius 3 is 2.35 bits per heavy atom. The van der Waals surface area contributed by atoms with Gasteiger partial charge in [0.1, 0.15) is 17.9 Å². The number of amides is 4. The van der Waals surface area contributed by atoms with Crippen LogP contribution in [-0.2, 0) is 21.0 Å². The average molecular weight is 499 g/mol. The average Bonchev–Trinajstić information content (AvgIpc) is 3.18. The minimum Gasteiger partial charge on any atom is -0.487 e. The standard InChI is InChI=1S/C28H26N4O5/c33-24(14-16-32-27(35)21-7-1-2-8-22(21)28(32)36)30-31-26(34)20-12-10-18(11-13-20)17-37-23-9-3-5-19-6-4-15-29-25(19)23/h1-6,9-13,15,21-22H,7-8,14,16-17H2,(H,30,33)(H,31,34)/t21-,22-/m1/s1. The van der Waals surface area contributed by atoms with E-state index in [1.807, 2.05) is 42.5 Å². The summed E-state index contributed by atoms with van der Waals surface area (Å²) >= 11 is 0. The lowest BCUT2D eigenvalue weighted by Gasteiger charge is -2.14. The second kappa shape index (κ2) is 10.6. The number of aromatic nitrogens is 1. The number of nitrogens with zero attached hydrogens (tertiary/aromatic N) is 2. The third-order valence-electron chi connectivity index (χ3n) is 6.68. The molecule has 2 atom stereocenters. The highest BCUT2D eigenvalue weighted by Crippen LogP contribution is 2.35. The number of nitrogens with one attached hydrogen (secondary N) is 2. The molecule has 1 fully saturated rings. The molecule has 3 aromatic rings. The number of hydrogen-bond donors (Lipinski definition) is 2. The van der Waals surface area contributed by atoms with Gasteiger partial charge < -0.3 is 4.74 Å². The molecular weight excluding hydrogens is 472 g/mol. The summed E-state index contributed by atoms with van der Waals surface area (Å²) in [6.07, 6.45) is 6.57. The summed E-state index contributed by atoms with van der Waals surface area (Å²) in [5.74, 6) is -1.39. The van der Waals surface area contributed by atoms with E-state index in [-0.39, 0.29) is 36.6 Å². The van der Waals surface area contributed by atoms with E-state index < -0.39 is 11.8 Å². The Hall–Kier alpha value is -4.53. The van der Waals surface area contributed by atoms with E-state index in [4.69, 9.17) is 4.74 Å². The molecule has 188 valence electrons. The van der Waals surface area contributed by atoms with Gasteiger partial charge in [0.05, 0.1) is 11.8 Å². The van der Waals surface area contributed by atoms with E-state index in [9.17, 15) is 19.2 Å². The fraction of sp³-hybridized carbons (Fsp3) is 0.250. The van der Waals surface area contributed by atoms with Crippen molar-refractivity contribution < 1.29 is 23.9 Å². The molecule has 9 nitrogen and oxygen atoms in total. The fourth-order valence-corrected chi connectivity index (χ4v) is 4.67. The van der Waals surface area contributed by atoms with Gasteiger partial charge in [-0.1, -0.05) is 42.5 Å². The molecule has 1 aliphatic carbocycles. The normalized spacial score (nSPS) is 18.5. The first-order chi connectivity index (χ1) is 18.0. The predicted octanol–water partition coefficient (Wildman–Crippen LogP) is 2.92. The highest BCUT2D eigenvalue weighted by molar-refractivity contribution is 6.05. The third kappa shape index (κ3) is 5.20. The van der Waals surface area contributed by atoms with Crippen LogP contribution in [0.1, 0.15) is 35.2 Å². The molecule has 2 heterocycles. The van der Waals surface area contributed by atoms with Crippen molar-refractivity contribution in [3.8, 4) is 5.75 Å². The molecule has 2 aromatic carbocycles. The molecule has 0 unspecified atom stereocenters. The number of likely N-dealkylation sites (tertiary alicyclic amines) is 1. The van der Waals surface area contributed by atoms with Crippen LogP contribution in [0, 0.1) is 11.8 Å². The summed E-state index contributed by atoms with van der Waals surface area (Å²) in [6.45, 7) is 0.299. The molecule has 1 saturated heterocycles. The van der Waals surface area contributed by atoms with Crippen LogP contribution in [-0.4, -0.2) is 40.1 Å². The zero-order valence-electron chi connectivity index (χ0n) is 20.1. The van der Waals surface area contributed by atoms with Crippen LogP contribution in [0.2, 0.25) is 0 Å².